The van der Waals surface area contributed by atoms with Crippen LogP contribution in [0.3, 0.4) is 0 Å². The van der Waals surface area contributed by atoms with Gasteiger partial charge in [-0.3, -0.25) is 0 Å². The van der Waals surface area contributed by atoms with E-state index in [0.29, 0.717) is 5.56 Å². The zero-order chi connectivity index (χ0) is 12.8. The second kappa shape index (κ2) is 5.51. The van der Waals surface area contributed by atoms with Crippen molar-refractivity contribution in [3.63, 3.8) is 0 Å². The molecule has 0 spiro atoms. The van der Waals surface area contributed by atoms with Gasteiger partial charge in [-0.25, -0.2) is 0 Å². The van der Waals surface area contributed by atoms with Crippen LogP contribution < -0.4 is 16.4 Å². The van der Waals surface area contributed by atoms with E-state index in [0.717, 1.165) is 11.3 Å². The molecule has 1 aromatic rings. The molecular formula is C11H14N6. The third-order valence-corrected chi connectivity index (χ3v) is 2.00. The van der Waals surface area contributed by atoms with Gasteiger partial charge in [-0.05, 0) is 17.7 Å². The molecule has 0 unspecified atom stereocenters. The number of nitriles is 1. The molecule has 1 aromatic carbocycles. The molecule has 0 saturated carbocycles. The zero-order valence-corrected chi connectivity index (χ0v) is 9.75. The van der Waals surface area contributed by atoms with Gasteiger partial charge in [0.2, 0.25) is 5.96 Å². The summed E-state index contributed by atoms with van der Waals surface area (Å²) in [5.41, 5.74) is 12.5. The molecule has 0 amide bonds. The molecule has 0 aromatic heterocycles. The van der Waals surface area contributed by atoms with E-state index in [-0.39, 0.29) is 5.96 Å². The van der Waals surface area contributed by atoms with Crippen LogP contribution in [0, 0.1) is 11.3 Å². The van der Waals surface area contributed by atoms with Gasteiger partial charge in [0.05, 0.1) is 17.5 Å². The molecule has 0 aliphatic heterocycles. The molecule has 4 N–H and O–H groups in total. The fourth-order valence-corrected chi connectivity index (χ4v) is 1.28. The van der Waals surface area contributed by atoms with Gasteiger partial charge >= 0.3 is 0 Å². The lowest BCUT2D eigenvalue weighted by molar-refractivity contribution is 1.12. The molecule has 6 heteroatoms. The molecule has 1 rings (SSSR count). The molecular weight excluding hydrogens is 216 g/mol. The lowest BCUT2D eigenvalue weighted by Gasteiger charge is -2.14. The summed E-state index contributed by atoms with van der Waals surface area (Å²) in [7, 11) is 3.76. The lowest BCUT2D eigenvalue weighted by atomic mass is 10.1. The molecule has 0 aliphatic carbocycles. The van der Waals surface area contributed by atoms with Crippen molar-refractivity contribution in [2.75, 3.05) is 19.0 Å². The van der Waals surface area contributed by atoms with E-state index >= 15 is 0 Å². The smallest absolute Gasteiger partial charge is 0.211 e. The summed E-state index contributed by atoms with van der Waals surface area (Å²) in [4.78, 5) is 1.87. The SMILES string of the molecule is CN(C)c1ccc(C=NN=C(N)N)cc1C#N. The summed E-state index contributed by atoms with van der Waals surface area (Å²) in [5.74, 6) is -0.105. The van der Waals surface area contributed by atoms with E-state index in [2.05, 4.69) is 16.3 Å². The van der Waals surface area contributed by atoms with Gasteiger partial charge in [-0.15, -0.1) is 5.10 Å². The van der Waals surface area contributed by atoms with Gasteiger partial charge in [-0.2, -0.15) is 10.4 Å². The predicted octanol–water partition coefficient (Wildman–Crippen LogP) is 0.232. The Kier molecular flexibility index (Phi) is 4.06. The van der Waals surface area contributed by atoms with E-state index in [1.165, 1.54) is 6.21 Å². The first-order chi connectivity index (χ1) is 8.04. The molecule has 0 radical (unpaired) electrons. The van der Waals surface area contributed by atoms with Gasteiger partial charge in [0.25, 0.3) is 0 Å². The average Bonchev–Trinajstić information content (AvgIpc) is 2.28. The first kappa shape index (κ1) is 12.5. The first-order valence-electron chi connectivity index (χ1n) is 4.88. The maximum absolute atomic E-state index is 9.02. The van der Waals surface area contributed by atoms with Crippen LogP contribution in [0.25, 0.3) is 0 Å². The van der Waals surface area contributed by atoms with Crippen molar-refractivity contribution in [3.8, 4) is 6.07 Å². The number of nitrogens with two attached hydrogens (primary N) is 2. The number of hydrogen-bond donors (Lipinski definition) is 2. The van der Waals surface area contributed by atoms with Gasteiger partial charge in [0.15, 0.2) is 0 Å². The third-order valence-electron chi connectivity index (χ3n) is 2.00. The summed E-state index contributed by atoms with van der Waals surface area (Å²) in [6.45, 7) is 0. The zero-order valence-electron chi connectivity index (χ0n) is 9.75. The minimum Gasteiger partial charge on any atom is -0.377 e. The van der Waals surface area contributed by atoms with E-state index < -0.39 is 0 Å². The fourth-order valence-electron chi connectivity index (χ4n) is 1.28. The summed E-state index contributed by atoms with van der Waals surface area (Å²) in [6.07, 6.45) is 1.49. The minimum atomic E-state index is -0.105. The first-order valence-corrected chi connectivity index (χ1v) is 4.88. The van der Waals surface area contributed by atoms with Crippen LogP contribution in [0.2, 0.25) is 0 Å². The number of rotatable bonds is 3. The number of anilines is 1. The summed E-state index contributed by atoms with van der Waals surface area (Å²) in [6, 6.07) is 7.53. The summed E-state index contributed by atoms with van der Waals surface area (Å²) >= 11 is 0. The largest absolute Gasteiger partial charge is 0.377 e. The maximum atomic E-state index is 9.02. The quantitative estimate of drug-likeness (QED) is 0.440. The van der Waals surface area contributed by atoms with E-state index in [4.69, 9.17) is 16.7 Å². The third kappa shape index (κ3) is 3.50. The minimum absolute atomic E-state index is 0.105. The molecule has 6 nitrogen and oxygen atoms in total. The van der Waals surface area contributed by atoms with Crippen LogP contribution >= 0.6 is 0 Å². The van der Waals surface area contributed by atoms with Crippen molar-refractivity contribution in [1.29, 1.82) is 5.26 Å². The van der Waals surface area contributed by atoms with Gasteiger partial charge in [-0.1, -0.05) is 6.07 Å². The van der Waals surface area contributed by atoms with E-state index in [1.54, 1.807) is 6.07 Å². The number of guanidine groups is 1. The Bertz CT molecular complexity index is 491. The van der Waals surface area contributed by atoms with Crippen molar-refractivity contribution in [3.05, 3.63) is 29.3 Å². The van der Waals surface area contributed by atoms with Gasteiger partial charge in [0.1, 0.15) is 6.07 Å². The van der Waals surface area contributed by atoms with Gasteiger partial charge < -0.3 is 16.4 Å². The van der Waals surface area contributed by atoms with Crippen molar-refractivity contribution in [2.24, 2.45) is 21.7 Å². The number of benzene rings is 1. The molecule has 0 heterocycles. The lowest BCUT2D eigenvalue weighted by Crippen LogP contribution is -2.21. The Morgan fingerprint density at radius 2 is 2.12 bits per heavy atom. The molecule has 0 saturated heterocycles. The molecule has 88 valence electrons. The normalized spacial score (nSPS) is 9.94. The Hall–Kier alpha value is -2.55. The molecule has 0 bridgehead atoms. The van der Waals surface area contributed by atoms with Crippen molar-refractivity contribution in [2.45, 2.75) is 0 Å². The van der Waals surface area contributed by atoms with Crippen LogP contribution in [0.1, 0.15) is 11.1 Å². The van der Waals surface area contributed by atoms with Crippen LogP contribution in [-0.4, -0.2) is 26.3 Å². The second-order valence-corrected chi connectivity index (χ2v) is 3.55. The monoisotopic (exact) mass is 230 g/mol. The number of hydrogen-bond acceptors (Lipinski definition) is 4. The van der Waals surface area contributed by atoms with Crippen molar-refractivity contribution >= 4 is 17.9 Å². The topological polar surface area (TPSA) is 104 Å². The van der Waals surface area contributed by atoms with Crippen LogP contribution in [-0.2, 0) is 0 Å². The Labute approximate surface area is 99.8 Å². The number of nitrogens with zero attached hydrogens (tertiary/aromatic N) is 4. The maximum Gasteiger partial charge on any atom is 0.211 e. The fraction of sp³-hybridized carbons (Fsp3) is 0.182. The van der Waals surface area contributed by atoms with Gasteiger partial charge in [0, 0.05) is 14.1 Å². The average molecular weight is 230 g/mol. The Morgan fingerprint density at radius 3 is 2.65 bits per heavy atom. The Morgan fingerprint density at radius 1 is 1.41 bits per heavy atom. The van der Waals surface area contributed by atoms with Crippen molar-refractivity contribution < 1.29 is 0 Å². The molecule has 17 heavy (non-hydrogen) atoms. The van der Waals surface area contributed by atoms with E-state index in [1.807, 2.05) is 31.1 Å². The standard InChI is InChI=1S/C11H14N6/c1-17(2)10-4-3-8(5-9(10)6-12)7-15-16-11(13)14/h3-5,7H,1-2H3,(H4,13,14,16). The van der Waals surface area contributed by atoms with Crippen LogP contribution in [0.15, 0.2) is 28.4 Å². The van der Waals surface area contributed by atoms with Crippen LogP contribution in [0.5, 0.6) is 0 Å². The molecule has 0 fully saturated rings. The highest BCUT2D eigenvalue weighted by atomic mass is 15.3. The van der Waals surface area contributed by atoms with E-state index in [9.17, 15) is 0 Å². The summed E-state index contributed by atoms with van der Waals surface area (Å²) in [5, 5.41) is 16.2. The molecule has 0 aliphatic rings. The summed E-state index contributed by atoms with van der Waals surface area (Å²) < 4.78 is 0. The molecule has 0 atom stereocenters. The second-order valence-electron chi connectivity index (χ2n) is 3.55. The highest BCUT2D eigenvalue weighted by Gasteiger charge is 2.03. The highest BCUT2D eigenvalue weighted by Crippen LogP contribution is 2.18. The van der Waals surface area contributed by atoms with Crippen LogP contribution in [0.4, 0.5) is 5.69 Å². The predicted molar refractivity (Wildman–Crippen MR) is 68.9 cm³/mol. The van der Waals surface area contributed by atoms with Crippen molar-refractivity contribution in [1.82, 2.24) is 0 Å². The highest BCUT2D eigenvalue weighted by molar-refractivity contribution is 5.83. The Balaban J connectivity index is 3.03.